The molecule has 1 N–H and O–H groups in total. The van der Waals surface area contributed by atoms with Crippen LogP contribution in [0.2, 0.25) is 0 Å². The molecule has 0 fully saturated rings. The summed E-state index contributed by atoms with van der Waals surface area (Å²) >= 11 is 0. The Morgan fingerprint density at radius 2 is 1.64 bits per heavy atom. The van der Waals surface area contributed by atoms with E-state index in [1.54, 1.807) is 45.2 Å². The Bertz CT molecular complexity index is 705. The number of hydrogen-bond donors (Lipinski definition) is 1. The molecule has 2 aromatic carbocycles. The zero-order chi connectivity index (χ0) is 18.2. The van der Waals surface area contributed by atoms with Gasteiger partial charge >= 0.3 is 5.97 Å². The fourth-order valence-electron chi connectivity index (χ4n) is 2.25. The van der Waals surface area contributed by atoms with Crippen LogP contribution in [0.1, 0.15) is 36.2 Å². The summed E-state index contributed by atoms with van der Waals surface area (Å²) in [5, 5.41) is 2.83. The summed E-state index contributed by atoms with van der Waals surface area (Å²) in [4.78, 5) is 23.8. The van der Waals surface area contributed by atoms with Crippen molar-refractivity contribution in [3.8, 4) is 5.75 Å². The van der Waals surface area contributed by atoms with Crippen LogP contribution < -0.4 is 10.1 Å². The van der Waals surface area contributed by atoms with Crippen molar-refractivity contribution in [1.82, 2.24) is 0 Å². The van der Waals surface area contributed by atoms with Crippen LogP contribution in [0.15, 0.2) is 48.5 Å². The van der Waals surface area contributed by atoms with Gasteiger partial charge in [0, 0.05) is 12.1 Å². The third kappa shape index (κ3) is 5.95. The van der Waals surface area contributed by atoms with Crippen molar-refractivity contribution < 1.29 is 19.1 Å². The van der Waals surface area contributed by atoms with Gasteiger partial charge in [0.05, 0.1) is 18.8 Å². The van der Waals surface area contributed by atoms with Gasteiger partial charge in [-0.3, -0.25) is 4.79 Å². The van der Waals surface area contributed by atoms with Gasteiger partial charge in [-0.25, -0.2) is 4.79 Å². The Balaban J connectivity index is 1.84. The summed E-state index contributed by atoms with van der Waals surface area (Å²) in [6.07, 6.45) is 0.864. The molecule has 0 aliphatic carbocycles. The van der Waals surface area contributed by atoms with E-state index in [0.717, 1.165) is 11.3 Å². The fraction of sp³-hybridized carbons (Fsp3) is 0.300. The van der Waals surface area contributed by atoms with Crippen molar-refractivity contribution in [3.63, 3.8) is 0 Å². The van der Waals surface area contributed by atoms with E-state index in [1.165, 1.54) is 0 Å². The average molecular weight is 341 g/mol. The van der Waals surface area contributed by atoms with Crippen LogP contribution in [-0.4, -0.2) is 25.1 Å². The number of rotatable bonds is 7. The first-order chi connectivity index (χ1) is 12.0. The van der Waals surface area contributed by atoms with Crippen LogP contribution in [-0.2, 0) is 16.0 Å². The highest BCUT2D eigenvalue weighted by Gasteiger charge is 2.09. The molecule has 25 heavy (non-hydrogen) atoms. The topological polar surface area (TPSA) is 64.6 Å². The molecule has 5 heteroatoms. The number of esters is 1. The number of carbonyl (C=O) groups excluding carboxylic acids is 2. The van der Waals surface area contributed by atoms with E-state index in [4.69, 9.17) is 9.47 Å². The second-order valence-corrected chi connectivity index (χ2v) is 5.93. The molecule has 0 atom stereocenters. The molecule has 0 unspecified atom stereocenters. The molecular formula is C20H23NO4. The first-order valence-electron chi connectivity index (χ1n) is 8.21. The largest absolute Gasteiger partial charge is 0.497 e. The lowest BCUT2D eigenvalue weighted by Gasteiger charge is -2.09. The van der Waals surface area contributed by atoms with Gasteiger partial charge in [-0.05, 0) is 62.2 Å². The first kappa shape index (κ1) is 18.5. The van der Waals surface area contributed by atoms with Crippen LogP contribution in [0.25, 0.3) is 0 Å². The Kier molecular flexibility index (Phi) is 6.57. The van der Waals surface area contributed by atoms with Gasteiger partial charge < -0.3 is 14.8 Å². The Hall–Kier alpha value is -2.82. The molecule has 0 bridgehead atoms. The lowest BCUT2D eigenvalue weighted by Crippen LogP contribution is -2.13. The number of anilines is 1. The Morgan fingerprint density at radius 1 is 1.00 bits per heavy atom. The van der Waals surface area contributed by atoms with E-state index in [1.807, 2.05) is 24.3 Å². The highest BCUT2D eigenvalue weighted by molar-refractivity contribution is 5.93. The van der Waals surface area contributed by atoms with Crippen molar-refractivity contribution in [2.75, 3.05) is 12.4 Å². The first-order valence-corrected chi connectivity index (χ1v) is 8.21. The number of ether oxygens (including phenoxy) is 2. The molecule has 1 amide bonds. The molecule has 0 spiro atoms. The normalized spacial score (nSPS) is 10.4. The maximum Gasteiger partial charge on any atom is 0.338 e. The van der Waals surface area contributed by atoms with E-state index in [-0.39, 0.29) is 18.0 Å². The van der Waals surface area contributed by atoms with Gasteiger partial charge in [-0.1, -0.05) is 12.1 Å². The second kappa shape index (κ2) is 8.87. The molecule has 0 heterocycles. The molecular weight excluding hydrogens is 318 g/mol. The van der Waals surface area contributed by atoms with Crippen LogP contribution >= 0.6 is 0 Å². The summed E-state index contributed by atoms with van der Waals surface area (Å²) in [5.74, 6) is 0.352. The van der Waals surface area contributed by atoms with Gasteiger partial charge in [-0.15, -0.1) is 0 Å². The highest BCUT2D eigenvalue weighted by atomic mass is 16.5. The third-order valence-corrected chi connectivity index (χ3v) is 3.55. The van der Waals surface area contributed by atoms with Gasteiger partial charge in [0.2, 0.25) is 5.91 Å². The number of methoxy groups -OCH3 is 1. The summed E-state index contributed by atoms with van der Waals surface area (Å²) in [6, 6.07) is 14.3. The second-order valence-electron chi connectivity index (χ2n) is 5.93. The molecule has 0 radical (unpaired) electrons. The zero-order valence-corrected chi connectivity index (χ0v) is 14.7. The van der Waals surface area contributed by atoms with E-state index in [2.05, 4.69) is 5.32 Å². The van der Waals surface area contributed by atoms with Crippen LogP contribution in [0.5, 0.6) is 5.75 Å². The third-order valence-electron chi connectivity index (χ3n) is 3.55. The quantitative estimate of drug-likeness (QED) is 0.777. The van der Waals surface area contributed by atoms with Crippen molar-refractivity contribution in [3.05, 3.63) is 59.7 Å². The van der Waals surface area contributed by atoms with E-state index in [0.29, 0.717) is 24.1 Å². The molecule has 2 rings (SSSR count). The monoisotopic (exact) mass is 341 g/mol. The van der Waals surface area contributed by atoms with Crippen molar-refractivity contribution in [2.45, 2.75) is 32.8 Å². The van der Waals surface area contributed by atoms with Crippen molar-refractivity contribution in [1.29, 1.82) is 0 Å². The number of benzene rings is 2. The SMILES string of the molecule is COc1ccc(CCC(=O)Nc2ccc(C(=O)OC(C)C)cc2)cc1. The molecule has 0 saturated heterocycles. The molecule has 2 aromatic rings. The van der Waals surface area contributed by atoms with Crippen LogP contribution in [0.4, 0.5) is 5.69 Å². The predicted octanol–water partition coefficient (Wildman–Crippen LogP) is 3.83. The summed E-state index contributed by atoms with van der Waals surface area (Å²) in [6.45, 7) is 3.60. The summed E-state index contributed by atoms with van der Waals surface area (Å²) < 4.78 is 10.2. The van der Waals surface area contributed by atoms with E-state index < -0.39 is 0 Å². The zero-order valence-electron chi connectivity index (χ0n) is 14.7. The summed E-state index contributed by atoms with van der Waals surface area (Å²) in [5.41, 5.74) is 2.19. The van der Waals surface area contributed by atoms with Gasteiger partial charge in [0.25, 0.3) is 0 Å². The van der Waals surface area contributed by atoms with Crippen molar-refractivity contribution in [2.24, 2.45) is 0 Å². The van der Waals surface area contributed by atoms with Crippen LogP contribution in [0, 0.1) is 0 Å². The van der Waals surface area contributed by atoms with E-state index >= 15 is 0 Å². The molecule has 132 valence electrons. The van der Waals surface area contributed by atoms with Crippen LogP contribution in [0.3, 0.4) is 0 Å². The molecule has 5 nitrogen and oxygen atoms in total. The minimum Gasteiger partial charge on any atom is -0.497 e. The summed E-state index contributed by atoms with van der Waals surface area (Å²) in [7, 11) is 1.62. The lowest BCUT2D eigenvalue weighted by molar-refractivity contribution is -0.116. The number of amides is 1. The smallest absolute Gasteiger partial charge is 0.338 e. The molecule has 0 aliphatic heterocycles. The predicted molar refractivity (Wildman–Crippen MR) is 96.9 cm³/mol. The fourth-order valence-corrected chi connectivity index (χ4v) is 2.25. The van der Waals surface area contributed by atoms with Gasteiger partial charge in [0.15, 0.2) is 0 Å². The maximum atomic E-state index is 12.0. The number of carbonyl (C=O) groups is 2. The highest BCUT2D eigenvalue weighted by Crippen LogP contribution is 2.14. The minimum absolute atomic E-state index is 0.0756. The standard InChI is InChI=1S/C20H23NO4/c1-14(2)25-20(23)16-7-9-17(10-8-16)21-19(22)13-6-15-4-11-18(24-3)12-5-15/h4-5,7-12,14H,6,13H2,1-3H3,(H,21,22). The number of hydrogen-bond acceptors (Lipinski definition) is 4. The lowest BCUT2D eigenvalue weighted by atomic mass is 10.1. The minimum atomic E-state index is -0.368. The number of aryl methyl sites for hydroxylation is 1. The average Bonchev–Trinajstić information content (AvgIpc) is 2.60. The molecule has 0 saturated carbocycles. The number of nitrogens with one attached hydrogen (secondary N) is 1. The van der Waals surface area contributed by atoms with Gasteiger partial charge in [-0.2, -0.15) is 0 Å². The molecule has 0 aliphatic rings. The Morgan fingerprint density at radius 3 is 2.20 bits per heavy atom. The maximum absolute atomic E-state index is 12.0. The van der Waals surface area contributed by atoms with E-state index in [9.17, 15) is 9.59 Å². The van der Waals surface area contributed by atoms with Crippen molar-refractivity contribution >= 4 is 17.6 Å². The Labute approximate surface area is 148 Å². The van der Waals surface area contributed by atoms with Gasteiger partial charge in [0.1, 0.15) is 5.75 Å². The molecule has 0 aromatic heterocycles.